The van der Waals surface area contributed by atoms with Gasteiger partial charge in [-0.25, -0.2) is 9.97 Å². The summed E-state index contributed by atoms with van der Waals surface area (Å²) in [4.78, 5) is 11.4. The molecule has 0 aliphatic carbocycles. The lowest BCUT2D eigenvalue weighted by Crippen LogP contribution is -2.13. The molecule has 2 aromatic heterocycles. The molecule has 0 fully saturated rings. The quantitative estimate of drug-likeness (QED) is 0.263. The molecule has 0 aliphatic heterocycles. The minimum Gasteiger partial charge on any atom is -0.362 e. The summed E-state index contributed by atoms with van der Waals surface area (Å²) in [6.07, 6.45) is 3.73. The minimum absolute atomic E-state index is 0.0288. The molecule has 0 saturated heterocycles. The third-order valence-corrected chi connectivity index (χ3v) is 6.74. The standard InChI is InChI=1S/C28H24Cl2N4/c1-33(2)28-26(18-7-5-4-6-8-18)27(30)22-15-20(11-14-23(22)32-28)25(24-16-31-17-34(24)3)19-9-12-21(29)13-10-19/h4-17,25H,1-3H3. The smallest absolute Gasteiger partial charge is 0.138 e. The summed E-state index contributed by atoms with van der Waals surface area (Å²) >= 11 is 13.3. The van der Waals surface area contributed by atoms with Crippen LogP contribution in [0.3, 0.4) is 0 Å². The number of halogens is 2. The van der Waals surface area contributed by atoms with Gasteiger partial charge in [-0.15, -0.1) is 0 Å². The van der Waals surface area contributed by atoms with Crippen LogP contribution in [-0.4, -0.2) is 28.6 Å². The summed E-state index contributed by atoms with van der Waals surface area (Å²) < 4.78 is 2.05. The van der Waals surface area contributed by atoms with Gasteiger partial charge in [-0.2, -0.15) is 0 Å². The van der Waals surface area contributed by atoms with E-state index in [9.17, 15) is 0 Å². The fourth-order valence-corrected chi connectivity index (χ4v) is 4.90. The molecule has 0 amide bonds. The van der Waals surface area contributed by atoms with E-state index in [1.54, 1.807) is 0 Å². The molecule has 0 aliphatic rings. The molecule has 4 nitrogen and oxygen atoms in total. The Balaban J connectivity index is 1.75. The lowest BCUT2D eigenvalue weighted by Gasteiger charge is -2.22. The Morgan fingerprint density at radius 3 is 2.24 bits per heavy atom. The Morgan fingerprint density at radius 1 is 0.882 bits per heavy atom. The Kier molecular flexibility index (Phi) is 6.03. The highest BCUT2D eigenvalue weighted by Crippen LogP contribution is 2.41. The highest BCUT2D eigenvalue weighted by atomic mass is 35.5. The molecule has 5 rings (SSSR count). The molecule has 34 heavy (non-hydrogen) atoms. The molecule has 0 saturated carbocycles. The summed E-state index contributed by atoms with van der Waals surface area (Å²) in [7, 11) is 5.99. The lowest BCUT2D eigenvalue weighted by molar-refractivity contribution is 0.793. The van der Waals surface area contributed by atoms with E-state index in [1.165, 1.54) is 0 Å². The van der Waals surface area contributed by atoms with E-state index in [0.717, 1.165) is 44.7 Å². The van der Waals surface area contributed by atoms with E-state index in [2.05, 4.69) is 47.4 Å². The summed E-state index contributed by atoms with van der Waals surface area (Å²) in [6, 6.07) is 24.5. The minimum atomic E-state index is -0.0288. The molecule has 0 spiro atoms. The van der Waals surface area contributed by atoms with Gasteiger partial charge in [0.05, 0.1) is 22.8 Å². The van der Waals surface area contributed by atoms with Crippen LogP contribution in [0.1, 0.15) is 22.7 Å². The molecule has 6 heteroatoms. The van der Waals surface area contributed by atoms with Crippen LogP contribution in [0.4, 0.5) is 5.82 Å². The molecule has 5 aromatic rings. The number of pyridine rings is 1. The van der Waals surface area contributed by atoms with Gasteiger partial charge in [0, 0.05) is 49.0 Å². The van der Waals surface area contributed by atoms with Crippen LogP contribution in [0.25, 0.3) is 22.0 Å². The normalized spacial score (nSPS) is 12.1. The first-order chi connectivity index (χ1) is 16.4. The van der Waals surface area contributed by atoms with Crippen molar-refractivity contribution in [3.8, 4) is 11.1 Å². The summed E-state index contributed by atoms with van der Waals surface area (Å²) in [5, 5.41) is 2.33. The predicted octanol–water partition coefficient (Wildman–Crippen LogP) is 7.19. The second-order valence-corrected chi connectivity index (χ2v) is 9.39. The number of benzene rings is 3. The van der Waals surface area contributed by atoms with Crippen LogP contribution in [0.15, 0.2) is 85.3 Å². The molecule has 0 bridgehead atoms. The zero-order valence-corrected chi connectivity index (χ0v) is 20.7. The topological polar surface area (TPSA) is 34.0 Å². The van der Waals surface area contributed by atoms with Crippen molar-refractivity contribution < 1.29 is 0 Å². The SMILES string of the molecule is CN(C)c1nc2ccc(C(c3ccc(Cl)cc3)c3cncn3C)cc2c(Cl)c1-c1ccccc1. The lowest BCUT2D eigenvalue weighted by atomic mass is 9.87. The maximum atomic E-state index is 7.12. The Morgan fingerprint density at radius 2 is 1.59 bits per heavy atom. The van der Waals surface area contributed by atoms with Crippen molar-refractivity contribution >= 4 is 39.9 Å². The predicted molar refractivity (Wildman–Crippen MR) is 142 cm³/mol. The van der Waals surface area contributed by atoms with E-state index in [4.69, 9.17) is 28.2 Å². The first-order valence-corrected chi connectivity index (χ1v) is 11.8. The summed E-state index contributed by atoms with van der Waals surface area (Å²) in [5.41, 5.74) is 6.15. The Hall–Kier alpha value is -3.34. The summed E-state index contributed by atoms with van der Waals surface area (Å²) in [5.74, 6) is 0.816. The van der Waals surface area contributed by atoms with Gasteiger partial charge in [0.2, 0.25) is 0 Å². The number of aryl methyl sites for hydroxylation is 1. The molecule has 0 radical (unpaired) electrons. The molecule has 1 unspecified atom stereocenters. The van der Waals surface area contributed by atoms with Crippen molar-refractivity contribution in [2.75, 3.05) is 19.0 Å². The van der Waals surface area contributed by atoms with Crippen LogP contribution in [0.5, 0.6) is 0 Å². The first kappa shape index (κ1) is 22.5. The van der Waals surface area contributed by atoms with Crippen molar-refractivity contribution in [1.29, 1.82) is 0 Å². The average molecular weight is 487 g/mol. The average Bonchev–Trinajstić information content (AvgIpc) is 3.26. The van der Waals surface area contributed by atoms with Gasteiger partial charge in [0.1, 0.15) is 5.82 Å². The number of hydrogen-bond acceptors (Lipinski definition) is 3. The van der Waals surface area contributed by atoms with Gasteiger partial charge in [-0.3, -0.25) is 0 Å². The molecule has 1 atom stereocenters. The monoisotopic (exact) mass is 486 g/mol. The van der Waals surface area contributed by atoms with Gasteiger partial charge < -0.3 is 9.47 Å². The fraction of sp³-hybridized carbons (Fsp3) is 0.143. The third kappa shape index (κ3) is 4.04. The number of imidazole rings is 1. The number of aromatic nitrogens is 3. The van der Waals surface area contributed by atoms with Crippen molar-refractivity contribution in [2.24, 2.45) is 7.05 Å². The molecule has 2 heterocycles. The van der Waals surface area contributed by atoms with Gasteiger partial charge >= 0.3 is 0 Å². The van der Waals surface area contributed by atoms with E-state index < -0.39 is 0 Å². The van der Waals surface area contributed by atoms with Gasteiger partial charge in [-0.1, -0.05) is 71.7 Å². The van der Waals surface area contributed by atoms with Crippen molar-refractivity contribution in [2.45, 2.75) is 5.92 Å². The van der Waals surface area contributed by atoms with Crippen LogP contribution < -0.4 is 4.90 Å². The van der Waals surface area contributed by atoms with E-state index >= 15 is 0 Å². The number of nitrogens with zero attached hydrogens (tertiary/aromatic N) is 4. The van der Waals surface area contributed by atoms with Gasteiger partial charge in [0.25, 0.3) is 0 Å². The fourth-order valence-electron chi connectivity index (χ4n) is 4.43. The van der Waals surface area contributed by atoms with E-state index in [-0.39, 0.29) is 5.92 Å². The van der Waals surface area contributed by atoms with Gasteiger partial charge in [-0.05, 0) is 41.0 Å². The number of anilines is 1. The first-order valence-electron chi connectivity index (χ1n) is 11.0. The van der Waals surface area contributed by atoms with Crippen molar-refractivity contribution in [1.82, 2.24) is 14.5 Å². The van der Waals surface area contributed by atoms with Crippen LogP contribution in [0.2, 0.25) is 10.0 Å². The highest BCUT2D eigenvalue weighted by Gasteiger charge is 2.23. The number of hydrogen-bond donors (Lipinski definition) is 0. The van der Waals surface area contributed by atoms with Gasteiger partial charge in [0.15, 0.2) is 0 Å². The van der Waals surface area contributed by atoms with Crippen molar-refractivity contribution in [3.05, 3.63) is 112 Å². The Labute approximate surface area is 209 Å². The molecular formula is C28H24Cl2N4. The summed E-state index contributed by atoms with van der Waals surface area (Å²) in [6.45, 7) is 0. The molecule has 170 valence electrons. The van der Waals surface area contributed by atoms with Crippen LogP contribution in [0, 0.1) is 0 Å². The second kappa shape index (κ2) is 9.13. The molecule has 0 N–H and O–H groups in total. The number of fused-ring (bicyclic) bond motifs is 1. The highest BCUT2D eigenvalue weighted by molar-refractivity contribution is 6.38. The zero-order chi connectivity index (χ0) is 23.8. The Bertz CT molecular complexity index is 1460. The van der Waals surface area contributed by atoms with Crippen LogP contribution in [-0.2, 0) is 7.05 Å². The maximum absolute atomic E-state index is 7.12. The largest absolute Gasteiger partial charge is 0.362 e. The maximum Gasteiger partial charge on any atom is 0.138 e. The van der Waals surface area contributed by atoms with E-state index in [0.29, 0.717) is 10.0 Å². The van der Waals surface area contributed by atoms with E-state index in [1.807, 2.05) is 73.5 Å². The van der Waals surface area contributed by atoms with Crippen molar-refractivity contribution in [3.63, 3.8) is 0 Å². The van der Waals surface area contributed by atoms with Crippen LogP contribution >= 0.6 is 23.2 Å². The second-order valence-electron chi connectivity index (χ2n) is 8.58. The molecule has 3 aromatic carbocycles. The zero-order valence-electron chi connectivity index (χ0n) is 19.2. The molecular weight excluding hydrogens is 463 g/mol. The number of rotatable bonds is 5. The third-order valence-electron chi connectivity index (χ3n) is 6.10.